The fraction of sp³-hybridized carbons (Fsp3) is 0.250. The summed E-state index contributed by atoms with van der Waals surface area (Å²) in [5, 5.41) is 11.7. The lowest BCUT2D eigenvalue weighted by molar-refractivity contribution is 0.278. The Morgan fingerprint density at radius 3 is 3.00 bits per heavy atom. The molecule has 84 valence electrons. The maximum Gasteiger partial charge on any atom is 0.123 e. The number of aromatic nitrogens is 1. The van der Waals surface area contributed by atoms with Crippen molar-refractivity contribution in [1.82, 2.24) is 4.98 Å². The second-order valence-corrected chi connectivity index (χ2v) is 4.12. The van der Waals surface area contributed by atoms with Crippen molar-refractivity contribution in [2.45, 2.75) is 13.5 Å². The van der Waals surface area contributed by atoms with Gasteiger partial charge in [-0.3, -0.25) is 0 Å². The van der Waals surface area contributed by atoms with E-state index in [-0.39, 0.29) is 6.61 Å². The van der Waals surface area contributed by atoms with Gasteiger partial charge in [-0.05, 0) is 19.1 Å². The molecule has 4 heteroatoms. The van der Waals surface area contributed by atoms with Gasteiger partial charge in [0.1, 0.15) is 10.8 Å². The zero-order valence-electron chi connectivity index (χ0n) is 9.01. The summed E-state index contributed by atoms with van der Waals surface area (Å²) < 4.78 is 5.43. The Hall–Kier alpha value is -1.39. The Morgan fingerprint density at radius 2 is 2.31 bits per heavy atom. The fourth-order valence-corrected chi connectivity index (χ4v) is 2.21. The monoisotopic (exact) mass is 235 g/mol. The number of ether oxygens (including phenoxy) is 1. The molecule has 0 spiro atoms. The van der Waals surface area contributed by atoms with Crippen LogP contribution in [0, 0.1) is 0 Å². The standard InChI is InChI=1S/C12H13NO2S/c1-2-15-11-5-3-4-9(6-11)12-13-10(7-14)8-16-12/h3-6,8,14H,2,7H2,1H3. The summed E-state index contributed by atoms with van der Waals surface area (Å²) in [7, 11) is 0. The van der Waals surface area contributed by atoms with E-state index < -0.39 is 0 Å². The van der Waals surface area contributed by atoms with Crippen LogP contribution in [0.15, 0.2) is 29.6 Å². The molecular weight excluding hydrogens is 222 g/mol. The highest BCUT2D eigenvalue weighted by Crippen LogP contribution is 2.26. The smallest absolute Gasteiger partial charge is 0.123 e. The molecule has 1 aromatic heterocycles. The molecule has 0 fully saturated rings. The Balaban J connectivity index is 2.28. The largest absolute Gasteiger partial charge is 0.494 e. The van der Waals surface area contributed by atoms with Crippen LogP contribution >= 0.6 is 11.3 Å². The molecule has 0 amide bonds. The molecule has 0 atom stereocenters. The summed E-state index contributed by atoms with van der Waals surface area (Å²) in [4.78, 5) is 4.31. The molecule has 2 rings (SSSR count). The third kappa shape index (κ3) is 2.40. The lowest BCUT2D eigenvalue weighted by Gasteiger charge is -2.03. The van der Waals surface area contributed by atoms with E-state index in [0.717, 1.165) is 16.3 Å². The predicted octanol–water partition coefficient (Wildman–Crippen LogP) is 2.70. The van der Waals surface area contributed by atoms with Gasteiger partial charge in [0.05, 0.1) is 18.9 Å². The van der Waals surface area contributed by atoms with Crippen molar-refractivity contribution in [3.63, 3.8) is 0 Å². The summed E-state index contributed by atoms with van der Waals surface area (Å²) in [5.41, 5.74) is 1.73. The van der Waals surface area contributed by atoms with E-state index in [1.807, 2.05) is 36.6 Å². The van der Waals surface area contributed by atoms with E-state index in [1.54, 1.807) is 0 Å². The Kier molecular flexibility index (Phi) is 3.54. The van der Waals surface area contributed by atoms with Crippen LogP contribution in [0.25, 0.3) is 10.6 Å². The van der Waals surface area contributed by atoms with E-state index in [2.05, 4.69) is 4.98 Å². The number of hydrogen-bond donors (Lipinski definition) is 1. The molecule has 0 unspecified atom stereocenters. The third-order valence-electron chi connectivity index (χ3n) is 2.11. The fourth-order valence-electron chi connectivity index (χ4n) is 1.40. The molecule has 0 saturated heterocycles. The number of aliphatic hydroxyl groups is 1. The van der Waals surface area contributed by atoms with Gasteiger partial charge in [-0.25, -0.2) is 4.98 Å². The Bertz CT molecular complexity index is 468. The van der Waals surface area contributed by atoms with E-state index in [0.29, 0.717) is 12.3 Å². The molecule has 16 heavy (non-hydrogen) atoms. The van der Waals surface area contributed by atoms with E-state index in [4.69, 9.17) is 9.84 Å². The number of rotatable bonds is 4. The summed E-state index contributed by atoms with van der Waals surface area (Å²) in [6.07, 6.45) is 0. The molecular formula is C12H13NO2S. The van der Waals surface area contributed by atoms with Crippen LogP contribution in [0.2, 0.25) is 0 Å². The number of benzene rings is 1. The molecule has 1 aromatic carbocycles. The molecule has 0 aliphatic carbocycles. The third-order valence-corrected chi connectivity index (χ3v) is 3.05. The van der Waals surface area contributed by atoms with Crippen molar-refractivity contribution in [2.24, 2.45) is 0 Å². The van der Waals surface area contributed by atoms with Crippen LogP contribution in [0.1, 0.15) is 12.6 Å². The van der Waals surface area contributed by atoms with Gasteiger partial charge >= 0.3 is 0 Å². The van der Waals surface area contributed by atoms with E-state index in [9.17, 15) is 0 Å². The van der Waals surface area contributed by atoms with Crippen LogP contribution in [0.3, 0.4) is 0 Å². The topological polar surface area (TPSA) is 42.4 Å². The summed E-state index contributed by atoms with van der Waals surface area (Å²) in [6, 6.07) is 7.82. The van der Waals surface area contributed by atoms with Gasteiger partial charge in [-0.1, -0.05) is 12.1 Å². The zero-order chi connectivity index (χ0) is 11.4. The van der Waals surface area contributed by atoms with Crippen molar-refractivity contribution in [1.29, 1.82) is 0 Å². The summed E-state index contributed by atoms with van der Waals surface area (Å²) in [5.74, 6) is 0.848. The number of nitrogens with zero attached hydrogens (tertiary/aromatic N) is 1. The number of aliphatic hydroxyl groups excluding tert-OH is 1. The van der Waals surface area contributed by atoms with Gasteiger partial charge in [0.15, 0.2) is 0 Å². The van der Waals surface area contributed by atoms with Crippen molar-refractivity contribution >= 4 is 11.3 Å². The van der Waals surface area contributed by atoms with Gasteiger partial charge < -0.3 is 9.84 Å². The molecule has 1 N–H and O–H groups in total. The van der Waals surface area contributed by atoms with E-state index >= 15 is 0 Å². The first-order valence-corrected chi connectivity index (χ1v) is 6.00. The minimum absolute atomic E-state index is 0.0123. The molecule has 3 nitrogen and oxygen atoms in total. The highest BCUT2D eigenvalue weighted by atomic mass is 32.1. The van der Waals surface area contributed by atoms with Crippen molar-refractivity contribution in [3.8, 4) is 16.3 Å². The predicted molar refractivity (Wildman–Crippen MR) is 64.6 cm³/mol. The van der Waals surface area contributed by atoms with Gasteiger partial charge in [0, 0.05) is 10.9 Å². The van der Waals surface area contributed by atoms with Gasteiger partial charge in [-0.2, -0.15) is 0 Å². The lowest BCUT2D eigenvalue weighted by Crippen LogP contribution is -1.91. The van der Waals surface area contributed by atoms with Crippen LogP contribution in [-0.4, -0.2) is 16.7 Å². The lowest BCUT2D eigenvalue weighted by atomic mass is 10.2. The minimum Gasteiger partial charge on any atom is -0.494 e. The first kappa shape index (κ1) is 11.1. The molecule has 0 saturated carbocycles. The maximum absolute atomic E-state index is 8.96. The van der Waals surface area contributed by atoms with Crippen LogP contribution < -0.4 is 4.74 Å². The molecule has 2 aromatic rings. The average molecular weight is 235 g/mol. The molecule has 0 aliphatic rings. The molecule has 0 aliphatic heterocycles. The van der Waals surface area contributed by atoms with Crippen LogP contribution in [0.5, 0.6) is 5.75 Å². The summed E-state index contributed by atoms with van der Waals surface area (Å²) in [6.45, 7) is 2.60. The van der Waals surface area contributed by atoms with Gasteiger partial charge in [0.25, 0.3) is 0 Å². The average Bonchev–Trinajstić information content (AvgIpc) is 2.78. The highest BCUT2D eigenvalue weighted by Gasteiger charge is 2.04. The van der Waals surface area contributed by atoms with Crippen molar-refractivity contribution < 1.29 is 9.84 Å². The molecule has 0 radical (unpaired) electrons. The molecule has 1 heterocycles. The second kappa shape index (κ2) is 5.09. The first-order chi connectivity index (χ1) is 7.83. The maximum atomic E-state index is 8.96. The zero-order valence-corrected chi connectivity index (χ0v) is 9.83. The quantitative estimate of drug-likeness (QED) is 0.886. The van der Waals surface area contributed by atoms with Crippen molar-refractivity contribution in [2.75, 3.05) is 6.61 Å². The highest BCUT2D eigenvalue weighted by molar-refractivity contribution is 7.13. The molecule has 0 bridgehead atoms. The van der Waals surface area contributed by atoms with Crippen molar-refractivity contribution in [3.05, 3.63) is 35.3 Å². The second-order valence-electron chi connectivity index (χ2n) is 3.26. The Labute approximate surface area is 98.4 Å². The number of thiazole rings is 1. The SMILES string of the molecule is CCOc1cccc(-c2nc(CO)cs2)c1. The Morgan fingerprint density at radius 1 is 1.44 bits per heavy atom. The normalized spacial score (nSPS) is 10.4. The van der Waals surface area contributed by atoms with Gasteiger partial charge in [0.2, 0.25) is 0 Å². The first-order valence-electron chi connectivity index (χ1n) is 5.12. The number of hydrogen-bond acceptors (Lipinski definition) is 4. The van der Waals surface area contributed by atoms with Crippen LogP contribution in [0.4, 0.5) is 0 Å². The van der Waals surface area contributed by atoms with E-state index in [1.165, 1.54) is 11.3 Å². The van der Waals surface area contributed by atoms with Crippen LogP contribution in [-0.2, 0) is 6.61 Å². The summed E-state index contributed by atoms with van der Waals surface area (Å²) >= 11 is 1.53. The minimum atomic E-state index is -0.0123. The van der Waals surface area contributed by atoms with Gasteiger partial charge in [-0.15, -0.1) is 11.3 Å².